The molecule has 0 bridgehead atoms. The molecule has 0 fully saturated rings. The summed E-state index contributed by atoms with van der Waals surface area (Å²) in [5.74, 6) is -0.173. The lowest BCUT2D eigenvalue weighted by Crippen LogP contribution is -2.18. The summed E-state index contributed by atoms with van der Waals surface area (Å²) in [6.07, 6.45) is 0. The smallest absolute Gasteiger partial charge is 0.252 e. The minimum Gasteiger partial charge on any atom is -0.399 e. The van der Waals surface area contributed by atoms with Crippen LogP contribution in [0, 0.1) is 0 Å². The first kappa shape index (κ1) is 12.4. The van der Waals surface area contributed by atoms with Gasteiger partial charge in [-0.25, -0.2) is 4.68 Å². The Bertz CT molecular complexity index is 581. The molecule has 0 aliphatic carbocycles. The Morgan fingerprint density at radius 1 is 1.50 bits per heavy atom. The van der Waals surface area contributed by atoms with Crippen molar-refractivity contribution in [1.29, 1.82) is 0 Å². The van der Waals surface area contributed by atoms with Crippen molar-refractivity contribution in [2.24, 2.45) is 7.05 Å². The molecule has 0 unspecified atom stereocenters. The molecule has 0 saturated heterocycles. The SMILES string of the molecule is CNC(=O)c1ccc(N)cc1Sc1nnnn1C. The predicted molar refractivity (Wildman–Crippen MR) is 67.2 cm³/mol. The Morgan fingerprint density at radius 3 is 2.89 bits per heavy atom. The van der Waals surface area contributed by atoms with Crippen molar-refractivity contribution in [3.05, 3.63) is 23.8 Å². The van der Waals surface area contributed by atoms with E-state index < -0.39 is 0 Å². The van der Waals surface area contributed by atoms with E-state index in [1.807, 2.05) is 0 Å². The van der Waals surface area contributed by atoms with Gasteiger partial charge in [0.25, 0.3) is 5.91 Å². The first-order chi connectivity index (χ1) is 8.61. The van der Waals surface area contributed by atoms with Gasteiger partial charge in [0.2, 0.25) is 5.16 Å². The number of carbonyl (C=O) groups is 1. The van der Waals surface area contributed by atoms with Crippen LogP contribution in [-0.4, -0.2) is 33.2 Å². The zero-order valence-corrected chi connectivity index (χ0v) is 10.7. The average Bonchev–Trinajstić information content (AvgIpc) is 2.74. The normalized spacial score (nSPS) is 10.3. The van der Waals surface area contributed by atoms with Crippen molar-refractivity contribution >= 4 is 23.4 Å². The molecule has 0 atom stereocenters. The van der Waals surface area contributed by atoms with Crippen molar-refractivity contribution in [3.8, 4) is 0 Å². The van der Waals surface area contributed by atoms with Gasteiger partial charge in [-0.2, -0.15) is 0 Å². The lowest BCUT2D eigenvalue weighted by molar-refractivity contribution is 0.0960. The quantitative estimate of drug-likeness (QED) is 0.774. The van der Waals surface area contributed by atoms with Crippen LogP contribution in [0.4, 0.5) is 5.69 Å². The summed E-state index contributed by atoms with van der Waals surface area (Å²) in [6, 6.07) is 5.09. The number of amides is 1. The predicted octanol–water partition coefficient (Wildman–Crippen LogP) is 0.303. The van der Waals surface area contributed by atoms with Gasteiger partial charge in [-0.05, 0) is 40.4 Å². The number of hydrogen-bond donors (Lipinski definition) is 2. The fraction of sp³-hybridized carbons (Fsp3) is 0.200. The van der Waals surface area contributed by atoms with Gasteiger partial charge in [-0.3, -0.25) is 4.79 Å². The summed E-state index contributed by atoms with van der Waals surface area (Å²) in [5.41, 5.74) is 6.86. The van der Waals surface area contributed by atoms with Gasteiger partial charge in [0.1, 0.15) is 0 Å². The highest BCUT2D eigenvalue weighted by Gasteiger charge is 2.14. The monoisotopic (exact) mass is 264 g/mol. The number of aromatic nitrogens is 4. The van der Waals surface area contributed by atoms with E-state index in [0.717, 1.165) is 0 Å². The Kier molecular flexibility index (Phi) is 3.47. The van der Waals surface area contributed by atoms with Crippen molar-refractivity contribution < 1.29 is 4.79 Å². The van der Waals surface area contributed by atoms with E-state index in [4.69, 9.17) is 5.73 Å². The van der Waals surface area contributed by atoms with Crippen molar-refractivity contribution in [1.82, 2.24) is 25.5 Å². The lowest BCUT2D eigenvalue weighted by Gasteiger charge is -2.07. The maximum atomic E-state index is 11.7. The lowest BCUT2D eigenvalue weighted by atomic mass is 10.2. The first-order valence-electron chi connectivity index (χ1n) is 5.13. The van der Waals surface area contributed by atoms with Crippen LogP contribution >= 0.6 is 11.8 Å². The van der Waals surface area contributed by atoms with E-state index in [0.29, 0.717) is 21.3 Å². The van der Waals surface area contributed by atoms with Gasteiger partial charge in [0.15, 0.2) is 0 Å². The second-order valence-corrected chi connectivity index (χ2v) is 4.53. The third-order valence-electron chi connectivity index (χ3n) is 2.26. The van der Waals surface area contributed by atoms with Crippen LogP contribution < -0.4 is 11.1 Å². The standard InChI is InChI=1S/C10H12N6OS/c1-12-9(17)7-4-3-6(11)5-8(7)18-10-13-14-15-16(10)2/h3-5H,11H2,1-2H3,(H,12,17). The van der Waals surface area contributed by atoms with Gasteiger partial charge in [-0.1, -0.05) is 0 Å². The average molecular weight is 264 g/mol. The third-order valence-corrected chi connectivity index (χ3v) is 3.35. The fourth-order valence-corrected chi connectivity index (χ4v) is 2.26. The van der Waals surface area contributed by atoms with Crippen molar-refractivity contribution in [2.45, 2.75) is 10.1 Å². The molecule has 0 aliphatic heterocycles. The van der Waals surface area contributed by atoms with Gasteiger partial charge in [0, 0.05) is 24.7 Å². The summed E-state index contributed by atoms with van der Waals surface area (Å²) in [6.45, 7) is 0. The topological polar surface area (TPSA) is 98.7 Å². The molecule has 2 aromatic rings. The Balaban J connectivity index is 2.39. The zero-order chi connectivity index (χ0) is 13.1. The van der Waals surface area contributed by atoms with Gasteiger partial charge in [-0.15, -0.1) is 5.10 Å². The second kappa shape index (κ2) is 5.05. The molecule has 1 aromatic carbocycles. The zero-order valence-electron chi connectivity index (χ0n) is 9.91. The van der Waals surface area contributed by atoms with Gasteiger partial charge >= 0.3 is 0 Å². The van der Waals surface area contributed by atoms with E-state index in [9.17, 15) is 4.79 Å². The summed E-state index contributed by atoms with van der Waals surface area (Å²) in [7, 11) is 3.31. The number of nitrogens with two attached hydrogens (primary N) is 1. The minimum absolute atomic E-state index is 0.173. The van der Waals surface area contributed by atoms with Crippen LogP contribution in [0.3, 0.4) is 0 Å². The van der Waals surface area contributed by atoms with E-state index in [1.54, 1.807) is 32.3 Å². The molecule has 1 heterocycles. The molecule has 94 valence electrons. The minimum atomic E-state index is -0.173. The highest BCUT2D eigenvalue weighted by Crippen LogP contribution is 2.29. The van der Waals surface area contributed by atoms with E-state index in [2.05, 4.69) is 20.8 Å². The number of anilines is 1. The number of nitrogens with zero attached hydrogens (tertiary/aromatic N) is 4. The third kappa shape index (κ3) is 2.43. The second-order valence-electron chi connectivity index (χ2n) is 3.52. The molecule has 18 heavy (non-hydrogen) atoms. The Hall–Kier alpha value is -2.09. The van der Waals surface area contributed by atoms with Crippen LogP contribution in [0.5, 0.6) is 0 Å². The van der Waals surface area contributed by atoms with Gasteiger partial charge in [0.05, 0.1) is 5.56 Å². The molecule has 0 aliphatic rings. The maximum Gasteiger partial charge on any atom is 0.252 e. The fourth-order valence-electron chi connectivity index (χ4n) is 1.35. The number of nitrogen functional groups attached to an aromatic ring is 1. The molecule has 0 saturated carbocycles. The molecule has 0 spiro atoms. The summed E-state index contributed by atoms with van der Waals surface area (Å²) in [4.78, 5) is 12.5. The molecular weight excluding hydrogens is 252 g/mol. The Labute approximate surface area is 108 Å². The molecule has 1 aromatic heterocycles. The summed E-state index contributed by atoms with van der Waals surface area (Å²) >= 11 is 1.29. The number of nitrogens with one attached hydrogen (secondary N) is 1. The van der Waals surface area contributed by atoms with E-state index in [1.165, 1.54) is 16.4 Å². The maximum absolute atomic E-state index is 11.7. The largest absolute Gasteiger partial charge is 0.399 e. The van der Waals surface area contributed by atoms with Crippen LogP contribution in [0.1, 0.15) is 10.4 Å². The molecule has 8 heteroatoms. The first-order valence-corrected chi connectivity index (χ1v) is 5.95. The summed E-state index contributed by atoms with van der Waals surface area (Å²) in [5, 5.41) is 14.3. The van der Waals surface area contributed by atoms with Crippen LogP contribution in [0.2, 0.25) is 0 Å². The van der Waals surface area contributed by atoms with Crippen molar-refractivity contribution in [2.75, 3.05) is 12.8 Å². The number of rotatable bonds is 3. The van der Waals surface area contributed by atoms with E-state index in [-0.39, 0.29) is 5.91 Å². The molecule has 0 radical (unpaired) electrons. The van der Waals surface area contributed by atoms with Crippen LogP contribution in [0.15, 0.2) is 28.3 Å². The highest BCUT2D eigenvalue weighted by atomic mass is 32.2. The molecule has 7 nitrogen and oxygen atoms in total. The molecular formula is C10H12N6OS. The highest BCUT2D eigenvalue weighted by molar-refractivity contribution is 7.99. The van der Waals surface area contributed by atoms with Crippen molar-refractivity contribution in [3.63, 3.8) is 0 Å². The summed E-state index contributed by atoms with van der Waals surface area (Å²) < 4.78 is 1.53. The van der Waals surface area contributed by atoms with Crippen LogP contribution in [-0.2, 0) is 7.05 Å². The molecule has 3 N–H and O–H groups in total. The number of benzene rings is 1. The number of tetrazole rings is 1. The molecule has 2 rings (SSSR count). The van der Waals surface area contributed by atoms with E-state index >= 15 is 0 Å². The van der Waals surface area contributed by atoms with Gasteiger partial charge < -0.3 is 11.1 Å². The number of carbonyl (C=O) groups excluding carboxylic acids is 1. The number of aryl methyl sites for hydroxylation is 1. The Morgan fingerprint density at radius 2 is 2.28 bits per heavy atom. The molecule has 1 amide bonds. The number of hydrogen-bond acceptors (Lipinski definition) is 6. The van der Waals surface area contributed by atoms with Crippen LogP contribution in [0.25, 0.3) is 0 Å².